The summed E-state index contributed by atoms with van der Waals surface area (Å²) in [5, 5.41) is 0. The van der Waals surface area contributed by atoms with Gasteiger partial charge < -0.3 is 0 Å². The molecule has 0 N–H and O–H groups in total. The van der Waals surface area contributed by atoms with Crippen molar-refractivity contribution < 1.29 is 8.78 Å². The SMILES string of the molecule is CSC(F)(F)I. The van der Waals surface area contributed by atoms with Gasteiger partial charge in [-0.15, -0.1) is 0 Å². The molecule has 0 aliphatic heterocycles. The molecule has 0 heterocycles. The highest BCUT2D eigenvalue weighted by molar-refractivity contribution is 14.1. The maximum absolute atomic E-state index is 11.4. The van der Waals surface area contributed by atoms with Gasteiger partial charge in [-0.1, -0.05) is 11.8 Å². The van der Waals surface area contributed by atoms with E-state index >= 15 is 0 Å². The molecule has 4 heteroatoms. The van der Waals surface area contributed by atoms with Crippen molar-refractivity contribution in [1.29, 1.82) is 0 Å². The van der Waals surface area contributed by atoms with Crippen molar-refractivity contribution in [2.24, 2.45) is 0 Å². The van der Waals surface area contributed by atoms with Crippen LogP contribution in [0.2, 0.25) is 0 Å². The fourth-order valence-electron chi connectivity index (χ4n) is 0. The normalized spacial score (nSPS) is 12.0. The largest absolute Gasteiger partial charge is 0.343 e. The Hall–Kier alpha value is 0.940. The third-order valence-corrected chi connectivity index (χ3v) is 2.02. The average Bonchev–Trinajstić information content (AvgIpc) is 1.35. The van der Waals surface area contributed by atoms with Crippen molar-refractivity contribution in [2.45, 2.75) is 3.26 Å². The molecule has 6 heavy (non-hydrogen) atoms. The first-order valence-electron chi connectivity index (χ1n) is 1.18. The zero-order valence-electron chi connectivity index (χ0n) is 3.04. The first-order valence-corrected chi connectivity index (χ1v) is 3.48. The van der Waals surface area contributed by atoms with E-state index in [4.69, 9.17) is 0 Å². The van der Waals surface area contributed by atoms with Crippen LogP contribution >= 0.6 is 34.4 Å². The second kappa shape index (κ2) is 2.30. The maximum Gasteiger partial charge on any atom is 0.343 e. The standard InChI is InChI=1S/C2H3F2IS/c1-6-2(3,4)5/h1H3. The minimum Gasteiger partial charge on any atom is -0.183 e. The molecule has 0 amide bonds. The molecular formula is C2H3F2IS. The van der Waals surface area contributed by atoms with E-state index in [2.05, 4.69) is 0 Å². The zero-order chi connectivity index (χ0) is 5.21. The molecule has 0 fully saturated rings. The van der Waals surface area contributed by atoms with Gasteiger partial charge in [-0.05, 0) is 6.26 Å². The molecule has 0 aliphatic rings. The molecule has 0 unspecified atom stereocenters. The molecule has 38 valence electrons. The van der Waals surface area contributed by atoms with Gasteiger partial charge >= 0.3 is 3.26 Å². The molecule has 0 saturated carbocycles. The van der Waals surface area contributed by atoms with Crippen LogP contribution < -0.4 is 0 Å². The molecule has 0 atom stereocenters. The van der Waals surface area contributed by atoms with Crippen molar-refractivity contribution in [3.05, 3.63) is 0 Å². The van der Waals surface area contributed by atoms with E-state index in [-0.39, 0.29) is 0 Å². The maximum atomic E-state index is 11.4. The minimum absolute atomic E-state index is 0.535. The molecule has 0 spiro atoms. The van der Waals surface area contributed by atoms with Crippen LogP contribution in [0.1, 0.15) is 0 Å². The van der Waals surface area contributed by atoms with Gasteiger partial charge in [0.1, 0.15) is 0 Å². The summed E-state index contributed by atoms with van der Waals surface area (Å²) >= 11 is 1.61. The highest BCUT2D eigenvalue weighted by atomic mass is 127. The predicted molar refractivity (Wildman–Crippen MR) is 32.5 cm³/mol. The molecule has 0 bridgehead atoms. The Bertz CT molecular complexity index is 41.3. The molecule has 0 radical (unpaired) electrons. The zero-order valence-corrected chi connectivity index (χ0v) is 6.02. The number of hydrogen-bond acceptors (Lipinski definition) is 1. The molecular weight excluding hydrogens is 221 g/mol. The number of thioether (sulfide) groups is 1. The van der Waals surface area contributed by atoms with Crippen molar-refractivity contribution in [2.75, 3.05) is 6.26 Å². The molecule has 0 aromatic heterocycles. The third-order valence-electron chi connectivity index (χ3n) is 0.231. The first kappa shape index (κ1) is 6.94. The van der Waals surface area contributed by atoms with E-state index < -0.39 is 3.26 Å². The fourth-order valence-corrected chi connectivity index (χ4v) is 0. The van der Waals surface area contributed by atoms with Crippen molar-refractivity contribution in [1.82, 2.24) is 0 Å². The van der Waals surface area contributed by atoms with Crippen LogP contribution in [0.25, 0.3) is 0 Å². The summed E-state index contributed by atoms with van der Waals surface area (Å²) < 4.78 is 20.2. The van der Waals surface area contributed by atoms with E-state index in [0.717, 1.165) is 22.6 Å². The molecule has 0 nitrogen and oxygen atoms in total. The van der Waals surface area contributed by atoms with Crippen molar-refractivity contribution in [3.63, 3.8) is 0 Å². The first-order chi connectivity index (χ1) is 2.56. The topological polar surface area (TPSA) is 0 Å². The Morgan fingerprint density at radius 2 is 1.83 bits per heavy atom. The van der Waals surface area contributed by atoms with Crippen LogP contribution in [0.15, 0.2) is 0 Å². The highest BCUT2D eigenvalue weighted by Gasteiger charge is 2.19. The van der Waals surface area contributed by atoms with Crippen LogP contribution in [0.5, 0.6) is 0 Å². The summed E-state index contributed by atoms with van der Waals surface area (Å²) in [5.74, 6) is 0. The average molecular weight is 224 g/mol. The molecule has 0 aromatic carbocycles. The number of halogens is 3. The predicted octanol–water partition coefficient (Wildman–Crippen LogP) is 2.33. The second-order valence-corrected chi connectivity index (χ2v) is 3.66. The smallest absolute Gasteiger partial charge is 0.183 e. The summed E-state index contributed by atoms with van der Waals surface area (Å²) in [5.41, 5.74) is 0. The van der Waals surface area contributed by atoms with Crippen LogP contribution in [-0.2, 0) is 0 Å². The molecule has 0 aromatic rings. The van der Waals surface area contributed by atoms with Gasteiger partial charge in [0.2, 0.25) is 0 Å². The lowest BCUT2D eigenvalue weighted by molar-refractivity contribution is 0.233. The van der Waals surface area contributed by atoms with Gasteiger partial charge in [-0.2, -0.15) is 8.78 Å². The van der Waals surface area contributed by atoms with Crippen LogP contribution in [0, 0.1) is 0 Å². The lowest BCUT2D eigenvalue weighted by Gasteiger charge is -1.98. The van der Waals surface area contributed by atoms with Crippen molar-refractivity contribution in [3.8, 4) is 0 Å². The number of hydrogen-bond donors (Lipinski definition) is 0. The van der Waals surface area contributed by atoms with Crippen LogP contribution in [0.3, 0.4) is 0 Å². The Morgan fingerprint density at radius 1 is 1.67 bits per heavy atom. The Labute approximate surface area is 52.8 Å². The summed E-state index contributed by atoms with van der Waals surface area (Å²) in [6, 6.07) is 0. The quantitative estimate of drug-likeness (QED) is 0.486. The Morgan fingerprint density at radius 3 is 1.83 bits per heavy atom. The van der Waals surface area contributed by atoms with Crippen LogP contribution in [0.4, 0.5) is 8.78 Å². The van der Waals surface area contributed by atoms with Gasteiger partial charge in [0.25, 0.3) is 0 Å². The van der Waals surface area contributed by atoms with Gasteiger partial charge in [0, 0.05) is 22.6 Å². The summed E-state index contributed by atoms with van der Waals surface area (Å²) in [4.78, 5) is 0. The monoisotopic (exact) mass is 224 g/mol. The fraction of sp³-hybridized carbons (Fsp3) is 1.00. The summed E-state index contributed by atoms with van der Waals surface area (Å²) in [6.07, 6.45) is 1.37. The van der Waals surface area contributed by atoms with E-state index in [1.54, 1.807) is 0 Å². The Balaban J connectivity index is 3.17. The molecule has 0 saturated heterocycles. The van der Waals surface area contributed by atoms with E-state index in [1.807, 2.05) is 0 Å². The third kappa shape index (κ3) is 4.94. The lowest BCUT2D eigenvalue weighted by atomic mass is 11.7. The summed E-state index contributed by atoms with van der Waals surface area (Å²) in [6.45, 7) is 0. The molecule has 0 rings (SSSR count). The lowest BCUT2D eigenvalue weighted by Crippen LogP contribution is -1.92. The van der Waals surface area contributed by atoms with E-state index in [9.17, 15) is 8.78 Å². The Kier molecular flexibility index (Phi) is 2.66. The minimum atomic E-state index is -2.57. The van der Waals surface area contributed by atoms with Crippen molar-refractivity contribution >= 4 is 34.4 Å². The number of alkyl halides is 3. The molecule has 0 aliphatic carbocycles. The van der Waals surface area contributed by atoms with E-state index in [1.165, 1.54) is 6.26 Å². The van der Waals surface area contributed by atoms with E-state index in [0.29, 0.717) is 11.8 Å². The van der Waals surface area contributed by atoms with Gasteiger partial charge in [0.15, 0.2) is 0 Å². The van der Waals surface area contributed by atoms with Gasteiger partial charge in [-0.25, -0.2) is 0 Å². The second-order valence-electron chi connectivity index (χ2n) is 0.650. The summed E-state index contributed by atoms with van der Waals surface area (Å²) in [7, 11) is 0. The number of rotatable bonds is 1. The van der Waals surface area contributed by atoms with Gasteiger partial charge in [0.05, 0.1) is 0 Å². The highest BCUT2D eigenvalue weighted by Crippen LogP contribution is 2.33. The van der Waals surface area contributed by atoms with Crippen LogP contribution in [-0.4, -0.2) is 9.52 Å². The van der Waals surface area contributed by atoms with Gasteiger partial charge in [-0.3, -0.25) is 0 Å².